The molecule has 1 aliphatic rings. The molecule has 0 saturated heterocycles. The predicted molar refractivity (Wildman–Crippen MR) is 38.1 cm³/mol. The highest BCUT2D eigenvalue weighted by molar-refractivity contribution is 8.05. The van der Waals surface area contributed by atoms with Crippen molar-refractivity contribution < 1.29 is 0 Å². The van der Waals surface area contributed by atoms with E-state index in [9.17, 15) is 0 Å². The van der Waals surface area contributed by atoms with Crippen LogP contribution in [0.25, 0.3) is 0 Å². The molecule has 0 aromatic heterocycles. The van der Waals surface area contributed by atoms with Crippen LogP contribution in [0.15, 0.2) is 34.7 Å². The first-order valence-electron chi connectivity index (χ1n) is 2.35. The maximum Gasteiger partial charge on any atom is 0.0697 e. The topological polar surface area (TPSA) is 26.0 Å². The summed E-state index contributed by atoms with van der Waals surface area (Å²) in [5, 5.41) is 2.80. The molecule has 2 heteroatoms. The Labute approximate surface area is 53.0 Å². The van der Waals surface area contributed by atoms with Crippen molar-refractivity contribution in [1.82, 2.24) is 0 Å². The molecule has 0 unspecified atom stereocenters. The molecule has 1 rings (SSSR count). The molecule has 2 N–H and O–H groups in total. The lowest BCUT2D eigenvalue weighted by atomic mass is 10.5. The largest absolute Gasteiger partial charge is 0.393 e. The Kier molecular flexibility index (Phi) is 1.80. The van der Waals surface area contributed by atoms with Crippen LogP contribution in [-0.2, 0) is 0 Å². The maximum absolute atomic E-state index is 5.46. The summed E-state index contributed by atoms with van der Waals surface area (Å²) in [7, 11) is 0. The molecular weight excluding hydrogens is 118 g/mol. The number of rotatable bonds is 0. The van der Waals surface area contributed by atoms with Crippen molar-refractivity contribution in [3.05, 3.63) is 34.7 Å². The minimum Gasteiger partial charge on any atom is -0.393 e. The Balaban J connectivity index is 2.69. The van der Waals surface area contributed by atoms with E-state index in [4.69, 9.17) is 5.73 Å². The first-order chi connectivity index (χ1) is 3.89. The average molecular weight is 125 g/mol. The number of allylic oxidation sites excluding steroid dienone is 4. The van der Waals surface area contributed by atoms with Gasteiger partial charge >= 0.3 is 0 Å². The van der Waals surface area contributed by atoms with Gasteiger partial charge in [-0.15, -0.1) is 0 Å². The number of hydrogen-bond acceptors (Lipinski definition) is 2. The Morgan fingerprint density at radius 2 is 2.12 bits per heavy atom. The summed E-state index contributed by atoms with van der Waals surface area (Å²) in [6, 6.07) is 0. The molecule has 0 saturated carbocycles. The Morgan fingerprint density at radius 3 is 3.00 bits per heavy atom. The van der Waals surface area contributed by atoms with Crippen molar-refractivity contribution in [1.29, 1.82) is 0 Å². The van der Waals surface area contributed by atoms with E-state index >= 15 is 0 Å². The molecule has 0 spiro atoms. The van der Waals surface area contributed by atoms with E-state index in [1.807, 2.05) is 29.7 Å². The number of hydrogen-bond donors (Lipinski definition) is 1. The van der Waals surface area contributed by atoms with Gasteiger partial charge in [0, 0.05) is 0 Å². The maximum atomic E-state index is 5.46. The van der Waals surface area contributed by atoms with Gasteiger partial charge in [-0.05, 0) is 11.5 Å². The van der Waals surface area contributed by atoms with Crippen LogP contribution in [0, 0.1) is 0 Å². The summed E-state index contributed by atoms with van der Waals surface area (Å²) in [5.74, 6) is 0. The van der Waals surface area contributed by atoms with Crippen LogP contribution in [0.5, 0.6) is 0 Å². The number of thioether (sulfide) groups is 1. The van der Waals surface area contributed by atoms with Gasteiger partial charge in [0.15, 0.2) is 0 Å². The standard InChI is InChI=1S/C6H7NS/c7-6-4-2-1-3-5-8-6/h1-5H,7H2. The smallest absolute Gasteiger partial charge is 0.0697 e. The van der Waals surface area contributed by atoms with Crippen molar-refractivity contribution in [2.45, 2.75) is 0 Å². The Bertz CT molecular complexity index is 156. The van der Waals surface area contributed by atoms with Gasteiger partial charge in [-0.25, -0.2) is 0 Å². The minimum absolute atomic E-state index is 0.843. The van der Waals surface area contributed by atoms with Crippen LogP contribution in [0.4, 0.5) is 0 Å². The van der Waals surface area contributed by atoms with Crippen LogP contribution in [0.1, 0.15) is 0 Å². The van der Waals surface area contributed by atoms with Crippen LogP contribution in [-0.4, -0.2) is 0 Å². The SMILES string of the molecule is NC1=CC=CC=CS1. The fraction of sp³-hybridized carbons (Fsp3) is 0. The third kappa shape index (κ3) is 1.46. The van der Waals surface area contributed by atoms with Gasteiger partial charge in [0.1, 0.15) is 0 Å². The molecule has 0 amide bonds. The molecule has 42 valence electrons. The molecule has 0 aliphatic carbocycles. The van der Waals surface area contributed by atoms with E-state index in [0.29, 0.717) is 0 Å². The molecule has 0 radical (unpaired) electrons. The zero-order valence-corrected chi connectivity index (χ0v) is 5.19. The van der Waals surface area contributed by atoms with E-state index in [0.717, 1.165) is 5.03 Å². The van der Waals surface area contributed by atoms with Gasteiger partial charge in [-0.3, -0.25) is 0 Å². The Morgan fingerprint density at radius 1 is 1.25 bits per heavy atom. The quantitative estimate of drug-likeness (QED) is 0.532. The fourth-order valence-electron chi connectivity index (χ4n) is 0.417. The molecular formula is C6H7NS. The number of nitrogens with two attached hydrogens (primary N) is 1. The molecule has 1 nitrogen and oxygen atoms in total. The highest BCUT2D eigenvalue weighted by atomic mass is 32.2. The lowest BCUT2D eigenvalue weighted by molar-refractivity contribution is 1.55. The molecule has 0 bridgehead atoms. The summed E-state index contributed by atoms with van der Waals surface area (Å²) < 4.78 is 0. The van der Waals surface area contributed by atoms with Gasteiger partial charge in [-0.1, -0.05) is 30.0 Å². The zero-order valence-electron chi connectivity index (χ0n) is 4.37. The molecule has 1 heterocycles. The summed E-state index contributed by atoms with van der Waals surface area (Å²) in [5.41, 5.74) is 5.46. The summed E-state index contributed by atoms with van der Waals surface area (Å²) >= 11 is 1.53. The van der Waals surface area contributed by atoms with Gasteiger partial charge < -0.3 is 5.73 Å². The summed E-state index contributed by atoms with van der Waals surface area (Å²) in [6.07, 6.45) is 7.71. The highest BCUT2D eigenvalue weighted by Gasteiger charge is 1.84. The van der Waals surface area contributed by atoms with E-state index in [1.54, 1.807) is 0 Å². The fourth-order valence-corrected chi connectivity index (χ4v) is 0.901. The van der Waals surface area contributed by atoms with Crippen molar-refractivity contribution >= 4 is 11.8 Å². The van der Waals surface area contributed by atoms with Gasteiger partial charge in [0.25, 0.3) is 0 Å². The summed E-state index contributed by atoms with van der Waals surface area (Å²) in [4.78, 5) is 0. The molecule has 8 heavy (non-hydrogen) atoms. The van der Waals surface area contributed by atoms with E-state index < -0.39 is 0 Å². The second kappa shape index (κ2) is 2.62. The molecule has 0 aromatic carbocycles. The molecule has 0 aromatic rings. The normalized spacial score (nSPS) is 17.8. The first kappa shape index (κ1) is 5.51. The van der Waals surface area contributed by atoms with Crippen molar-refractivity contribution in [3.63, 3.8) is 0 Å². The van der Waals surface area contributed by atoms with Crippen LogP contribution >= 0.6 is 11.8 Å². The van der Waals surface area contributed by atoms with Crippen LogP contribution in [0.3, 0.4) is 0 Å². The van der Waals surface area contributed by atoms with Crippen molar-refractivity contribution in [2.75, 3.05) is 0 Å². The third-order valence-corrected chi connectivity index (χ3v) is 1.47. The van der Waals surface area contributed by atoms with E-state index in [1.165, 1.54) is 11.8 Å². The lowest BCUT2D eigenvalue weighted by Gasteiger charge is -1.87. The first-order valence-corrected chi connectivity index (χ1v) is 3.23. The van der Waals surface area contributed by atoms with Crippen LogP contribution < -0.4 is 5.73 Å². The second-order valence-corrected chi connectivity index (χ2v) is 2.38. The highest BCUT2D eigenvalue weighted by Crippen LogP contribution is 2.12. The van der Waals surface area contributed by atoms with Gasteiger partial charge in [-0.2, -0.15) is 0 Å². The van der Waals surface area contributed by atoms with Gasteiger partial charge in [0.05, 0.1) is 5.03 Å². The average Bonchev–Trinajstić information content (AvgIpc) is 1.94. The molecule has 0 atom stereocenters. The second-order valence-electron chi connectivity index (χ2n) is 1.40. The minimum atomic E-state index is 0.843. The van der Waals surface area contributed by atoms with Gasteiger partial charge in [0.2, 0.25) is 0 Å². The van der Waals surface area contributed by atoms with Crippen molar-refractivity contribution in [2.24, 2.45) is 5.73 Å². The molecule has 0 fully saturated rings. The molecule has 1 aliphatic heterocycles. The third-order valence-electron chi connectivity index (χ3n) is 0.765. The van der Waals surface area contributed by atoms with Crippen molar-refractivity contribution in [3.8, 4) is 0 Å². The van der Waals surface area contributed by atoms with E-state index in [2.05, 4.69) is 0 Å². The monoisotopic (exact) mass is 125 g/mol. The lowest BCUT2D eigenvalue weighted by Crippen LogP contribution is -1.87. The van der Waals surface area contributed by atoms with E-state index in [-0.39, 0.29) is 0 Å². The zero-order chi connectivity index (χ0) is 5.82. The Hall–Kier alpha value is -0.630. The predicted octanol–water partition coefficient (Wildman–Crippen LogP) is 1.60. The van der Waals surface area contributed by atoms with Crippen LogP contribution in [0.2, 0.25) is 0 Å². The summed E-state index contributed by atoms with van der Waals surface area (Å²) in [6.45, 7) is 0.